The highest BCUT2D eigenvalue weighted by molar-refractivity contribution is 5.97. The number of rotatable bonds is 5. The summed E-state index contributed by atoms with van der Waals surface area (Å²) in [6.45, 7) is 4.75. The Morgan fingerprint density at radius 3 is 2.80 bits per heavy atom. The van der Waals surface area contributed by atoms with Crippen molar-refractivity contribution in [3.05, 3.63) is 47.8 Å². The van der Waals surface area contributed by atoms with Crippen LogP contribution in [0, 0.1) is 6.92 Å². The minimum absolute atomic E-state index is 0.0321. The van der Waals surface area contributed by atoms with Gasteiger partial charge in [-0.15, -0.1) is 0 Å². The van der Waals surface area contributed by atoms with Gasteiger partial charge in [-0.05, 0) is 30.7 Å². The van der Waals surface area contributed by atoms with Crippen molar-refractivity contribution in [2.45, 2.75) is 19.9 Å². The fraction of sp³-hybridized carbons (Fsp3) is 0.389. The first kappa shape index (κ1) is 17.2. The Kier molecular flexibility index (Phi) is 5.45. The summed E-state index contributed by atoms with van der Waals surface area (Å²) < 4.78 is 6.99. The van der Waals surface area contributed by atoms with Crippen molar-refractivity contribution in [1.29, 1.82) is 0 Å². The lowest BCUT2D eigenvalue weighted by Crippen LogP contribution is -2.40. The van der Waals surface area contributed by atoms with E-state index in [1.165, 1.54) is 0 Å². The summed E-state index contributed by atoms with van der Waals surface area (Å²) in [5.74, 6) is -0.134. The van der Waals surface area contributed by atoms with E-state index in [2.05, 4.69) is 10.4 Å². The molecule has 0 atom stereocenters. The normalized spacial score (nSPS) is 14.4. The molecule has 1 N–H and O–H groups in total. The Bertz CT molecular complexity index is 737. The number of ether oxygens (including phenoxy) is 1. The number of carbonyl (C=O) groups excluding carboxylic acids is 2. The molecule has 0 saturated carbocycles. The summed E-state index contributed by atoms with van der Waals surface area (Å²) in [6.07, 6.45) is 3.83. The molecule has 1 aromatic heterocycles. The molecule has 1 fully saturated rings. The molecule has 1 saturated heterocycles. The molecule has 2 aromatic rings. The molecule has 3 rings (SSSR count). The lowest BCUT2D eigenvalue weighted by molar-refractivity contribution is -0.116. The smallest absolute Gasteiger partial charge is 0.254 e. The monoisotopic (exact) mass is 342 g/mol. The van der Waals surface area contributed by atoms with Crippen LogP contribution in [-0.2, 0) is 16.1 Å². The Labute approximate surface area is 146 Å². The summed E-state index contributed by atoms with van der Waals surface area (Å²) >= 11 is 0. The third-order valence-corrected chi connectivity index (χ3v) is 4.18. The van der Waals surface area contributed by atoms with E-state index in [4.69, 9.17) is 4.74 Å². The van der Waals surface area contributed by atoms with Gasteiger partial charge in [0, 0.05) is 49.7 Å². The summed E-state index contributed by atoms with van der Waals surface area (Å²) in [5.41, 5.74) is 2.17. The molecule has 0 unspecified atom stereocenters. The van der Waals surface area contributed by atoms with E-state index in [1.54, 1.807) is 27.9 Å². The van der Waals surface area contributed by atoms with E-state index in [-0.39, 0.29) is 11.8 Å². The second kappa shape index (κ2) is 7.94. The van der Waals surface area contributed by atoms with Crippen LogP contribution in [0.4, 0.5) is 5.69 Å². The molecule has 0 aliphatic carbocycles. The van der Waals surface area contributed by atoms with Crippen molar-refractivity contribution in [2.75, 3.05) is 31.6 Å². The van der Waals surface area contributed by atoms with E-state index in [9.17, 15) is 9.59 Å². The second-order valence-corrected chi connectivity index (χ2v) is 6.00. The molecule has 2 amide bonds. The van der Waals surface area contributed by atoms with Gasteiger partial charge in [0.25, 0.3) is 5.91 Å². The van der Waals surface area contributed by atoms with Crippen molar-refractivity contribution >= 4 is 17.5 Å². The molecule has 0 spiro atoms. The predicted octanol–water partition coefficient (Wildman–Crippen LogP) is 1.69. The zero-order valence-electron chi connectivity index (χ0n) is 14.3. The molecule has 1 aromatic carbocycles. The van der Waals surface area contributed by atoms with Crippen LogP contribution in [0.2, 0.25) is 0 Å². The average Bonchev–Trinajstić information content (AvgIpc) is 3.15. The molecule has 25 heavy (non-hydrogen) atoms. The second-order valence-electron chi connectivity index (χ2n) is 6.00. The van der Waals surface area contributed by atoms with Gasteiger partial charge in [-0.3, -0.25) is 14.3 Å². The standard InChI is InChI=1S/C18H22N4O3/c1-14-3-4-15(18(24)21-9-11-25-12-10-21)13-16(14)20-17(23)5-8-22-7-2-6-19-22/h2-4,6-7,13H,5,8-12H2,1H3,(H,20,23). The lowest BCUT2D eigenvalue weighted by Gasteiger charge is -2.27. The van der Waals surface area contributed by atoms with Crippen LogP contribution in [0.1, 0.15) is 22.3 Å². The van der Waals surface area contributed by atoms with Crippen molar-refractivity contribution in [2.24, 2.45) is 0 Å². The third-order valence-electron chi connectivity index (χ3n) is 4.18. The highest BCUT2D eigenvalue weighted by Crippen LogP contribution is 2.19. The predicted molar refractivity (Wildman–Crippen MR) is 93.4 cm³/mol. The zero-order chi connectivity index (χ0) is 17.6. The number of aromatic nitrogens is 2. The van der Waals surface area contributed by atoms with Crippen molar-refractivity contribution < 1.29 is 14.3 Å². The number of carbonyl (C=O) groups is 2. The molecule has 2 heterocycles. The lowest BCUT2D eigenvalue weighted by atomic mass is 10.1. The number of anilines is 1. The van der Waals surface area contributed by atoms with Gasteiger partial charge in [0.15, 0.2) is 0 Å². The van der Waals surface area contributed by atoms with Crippen molar-refractivity contribution in [1.82, 2.24) is 14.7 Å². The number of aryl methyl sites for hydroxylation is 2. The first-order valence-corrected chi connectivity index (χ1v) is 8.38. The maximum absolute atomic E-state index is 12.6. The van der Waals surface area contributed by atoms with Gasteiger partial charge in [-0.1, -0.05) is 6.07 Å². The van der Waals surface area contributed by atoms with Crippen LogP contribution in [0.15, 0.2) is 36.7 Å². The average molecular weight is 342 g/mol. The molecule has 7 nitrogen and oxygen atoms in total. The Morgan fingerprint density at radius 1 is 1.28 bits per heavy atom. The maximum Gasteiger partial charge on any atom is 0.254 e. The van der Waals surface area contributed by atoms with Gasteiger partial charge in [-0.2, -0.15) is 5.10 Å². The van der Waals surface area contributed by atoms with Crippen LogP contribution in [0.3, 0.4) is 0 Å². The van der Waals surface area contributed by atoms with Gasteiger partial charge >= 0.3 is 0 Å². The SMILES string of the molecule is Cc1ccc(C(=O)N2CCOCC2)cc1NC(=O)CCn1cccn1. The quantitative estimate of drug-likeness (QED) is 0.897. The number of benzene rings is 1. The first-order chi connectivity index (χ1) is 12.1. The molecule has 1 aliphatic heterocycles. The largest absolute Gasteiger partial charge is 0.378 e. The van der Waals surface area contributed by atoms with E-state index >= 15 is 0 Å². The number of nitrogens with zero attached hydrogens (tertiary/aromatic N) is 3. The summed E-state index contributed by atoms with van der Waals surface area (Å²) in [6, 6.07) is 7.23. The highest BCUT2D eigenvalue weighted by atomic mass is 16.5. The van der Waals surface area contributed by atoms with Crippen LogP contribution in [-0.4, -0.2) is 52.8 Å². The molecule has 0 radical (unpaired) electrons. The fourth-order valence-electron chi connectivity index (χ4n) is 2.70. The van der Waals surface area contributed by atoms with Gasteiger partial charge in [0.1, 0.15) is 0 Å². The van der Waals surface area contributed by atoms with E-state index in [0.717, 1.165) is 5.56 Å². The molecule has 7 heteroatoms. The number of nitrogens with one attached hydrogen (secondary N) is 1. The summed E-state index contributed by atoms with van der Waals surface area (Å²) in [5, 5.41) is 6.97. The highest BCUT2D eigenvalue weighted by Gasteiger charge is 2.19. The molecular formula is C18H22N4O3. The Hall–Kier alpha value is -2.67. The Balaban J connectivity index is 1.64. The minimum atomic E-state index is -0.102. The van der Waals surface area contributed by atoms with Crippen LogP contribution >= 0.6 is 0 Å². The van der Waals surface area contributed by atoms with Crippen LogP contribution in [0.5, 0.6) is 0 Å². The van der Waals surface area contributed by atoms with Crippen LogP contribution in [0.25, 0.3) is 0 Å². The molecule has 0 bridgehead atoms. The molecular weight excluding hydrogens is 320 g/mol. The third kappa shape index (κ3) is 4.45. The zero-order valence-corrected chi connectivity index (χ0v) is 14.3. The fourth-order valence-corrected chi connectivity index (χ4v) is 2.70. The maximum atomic E-state index is 12.6. The van der Waals surface area contributed by atoms with Gasteiger partial charge < -0.3 is 15.0 Å². The molecule has 1 aliphatic rings. The number of hydrogen-bond donors (Lipinski definition) is 1. The minimum Gasteiger partial charge on any atom is -0.378 e. The van der Waals surface area contributed by atoms with E-state index in [0.29, 0.717) is 50.5 Å². The van der Waals surface area contributed by atoms with Gasteiger partial charge in [0.05, 0.1) is 13.2 Å². The van der Waals surface area contributed by atoms with Gasteiger partial charge in [-0.25, -0.2) is 0 Å². The van der Waals surface area contributed by atoms with Crippen LogP contribution < -0.4 is 5.32 Å². The number of morpholine rings is 1. The van der Waals surface area contributed by atoms with Crippen molar-refractivity contribution in [3.8, 4) is 0 Å². The molecule has 132 valence electrons. The summed E-state index contributed by atoms with van der Waals surface area (Å²) in [4.78, 5) is 26.5. The van der Waals surface area contributed by atoms with E-state index < -0.39 is 0 Å². The number of hydrogen-bond acceptors (Lipinski definition) is 4. The first-order valence-electron chi connectivity index (χ1n) is 8.38. The van der Waals surface area contributed by atoms with Crippen molar-refractivity contribution in [3.63, 3.8) is 0 Å². The summed E-state index contributed by atoms with van der Waals surface area (Å²) in [7, 11) is 0. The van der Waals surface area contributed by atoms with Gasteiger partial charge in [0.2, 0.25) is 5.91 Å². The topological polar surface area (TPSA) is 76.5 Å². The Morgan fingerprint density at radius 2 is 2.08 bits per heavy atom. The number of amides is 2. The van der Waals surface area contributed by atoms with E-state index in [1.807, 2.05) is 25.3 Å².